The minimum absolute atomic E-state index is 1.19. The Kier molecular flexibility index (Phi) is 4.12. The quantitative estimate of drug-likeness (QED) is 0.513. The summed E-state index contributed by atoms with van der Waals surface area (Å²) in [7, 11) is -1.19. The average molecular weight is 287 g/mol. The molecule has 0 N–H and O–H groups in total. The number of allylic oxidation sites excluding steroid dienone is 1. The monoisotopic (exact) mass is 288 g/mol. The van der Waals surface area contributed by atoms with Gasteiger partial charge in [-0.15, -0.1) is 0 Å². The molecule has 0 radical (unpaired) electrons. The van der Waals surface area contributed by atoms with Gasteiger partial charge in [0.2, 0.25) is 0 Å². The van der Waals surface area contributed by atoms with Crippen molar-refractivity contribution in [1.29, 1.82) is 0 Å². The Balaban J connectivity index is 4.46. The molecule has 2 heteroatoms. The SMILES string of the molecule is C=[C](C#C[Si](C)(C)C)[Sn]([CH3])([CH3])[CH3]. The van der Waals surface area contributed by atoms with Gasteiger partial charge in [0, 0.05) is 0 Å². The van der Waals surface area contributed by atoms with Gasteiger partial charge >= 0.3 is 82.5 Å². The van der Waals surface area contributed by atoms with E-state index in [1.807, 2.05) is 0 Å². The Morgan fingerprint density at radius 3 is 1.83 bits per heavy atom. The summed E-state index contributed by atoms with van der Waals surface area (Å²) in [5.41, 5.74) is 3.37. The Labute approximate surface area is 82.3 Å². The van der Waals surface area contributed by atoms with Crippen LogP contribution in [-0.4, -0.2) is 26.5 Å². The van der Waals surface area contributed by atoms with Crippen molar-refractivity contribution in [2.45, 2.75) is 34.5 Å². The molecule has 0 aromatic rings. The van der Waals surface area contributed by atoms with Gasteiger partial charge in [-0.1, -0.05) is 0 Å². The van der Waals surface area contributed by atoms with Crippen molar-refractivity contribution in [2.75, 3.05) is 0 Å². The summed E-state index contributed by atoms with van der Waals surface area (Å²) in [6, 6.07) is 0. The third-order valence-corrected chi connectivity index (χ3v) is 7.89. The normalized spacial score (nSPS) is 11.8. The molecule has 0 bridgehead atoms. The molecule has 0 saturated heterocycles. The van der Waals surface area contributed by atoms with Gasteiger partial charge in [0.15, 0.2) is 0 Å². The molecular formula is C10H20SiSn. The van der Waals surface area contributed by atoms with Crippen molar-refractivity contribution < 1.29 is 0 Å². The second-order valence-corrected chi connectivity index (χ2v) is 24.5. The summed E-state index contributed by atoms with van der Waals surface area (Å²) < 4.78 is 1.26. The van der Waals surface area contributed by atoms with Crippen LogP contribution in [-0.2, 0) is 0 Å². The molecular weight excluding hydrogens is 267 g/mol. The van der Waals surface area contributed by atoms with Crippen LogP contribution in [0.3, 0.4) is 0 Å². The maximum absolute atomic E-state index is 4.07. The van der Waals surface area contributed by atoms with E-state index < -0.39 is 26.5 Å². The van der Waals surface area contributed by atoms with E-state index in [0.717, 1.165) is 0 Å². The Morgan fingerprint density at radius 1 is 1.17 bits per heavy atom. The van der Waals surface area contributed by atoms with Gasteiger partial charge in [-0.3, -0.25) is 0 Å². The number of hydrogen-bond donors (Lipinski definition) is 0. The first kappa shape index (κ1) is 12.3. The zero-order valence-electron chi connectivity index (χ0n) is 9.21. The molecule has 0 aromatic carbocycles. The molecule has 0 spiro atoms. The van der Waals surface area contributed by atoms with Gasteiger partial charge in [0.25, 0.3) is 0 Å². The first-order valence-electron chi connectivity index (χ1n) is 4.35. The molecule has 12 heavy (non-hydrogen) atoms. The number of rotatable bonds is 1. The van der Waals surface area contributed by atoms with E-state index >= 15 is 0 Å². The van der Waals surface area contributed by atoms with Gasteiger partial charge < -0.3 is 0 Å². The first-order valence-corrected chi connectivity index (χ1v) is 17.8. The van der Waals surface area contributed by atoms with Crippen LogP contribution < -0.4 is 0 Å². The molecule has 0 aliphatic carbocycles. The van der Waals surface area contributed by atoms with E-state index in [9.17, 15) is 0 Å². The molecule has 0 aliphatic heterocycles. The van der Waals surface area contributed by atoms with Crippen molar-refractivity contribution in [2.24, 2.45) is 0 Å². The summed E-state index contributed by atoms with van der Waals surface area (Å²) in [6.07, 6.45) is 0. The Morgan fingerprint density at radius 2 is 1.58 bits per heavy atom. The van der Waals surface area contributed by atoms with Crippen molar-refractivity contribution in [3.63, 3.8) is 0 Å². The fourth-order valence-corrected chi connectivity index (χ4v) is 2.58. The molecule has 0 aromatic heterocycles. The van der Waals surface area contributed by atoms with Crippen LogP contribution in [0.2, 0.25) is 34.5 Å². The zero-order valence-corrected chi connectivity index (χ0v) is 13.1. The van der Waals surface area contributed by atoms with Crippen molar-refractivity contribution >= 4 is 26.5 Å². The third-order valence-electron chi connectivity index (χ3n) is 1.49. The summed E-state index contributed by atoms with van der Waals surface area (Å²) in [4.78, 5) is 7.07. The van der Waals surface area contributed by atoms with Crippen LogP contribution >= 0.6 is 0 Å². The van der Waals surface area contributed by atoms with Gasteiger partial charge in [0.1, 0.15) is 0 Å². The van der Waals surface area contributed by atoms with E-state index in [1.54, 1.807) is 0 Å². The van der Waals surface area contributed by atoms with E-state index in [-0.39, 0.29) is 0 Å². The van der Waals surface area contributed by atoms with Crippen LogP contribution in [0.25, 0.3) is 0 Å². The Bertz CT molecular complexity index is 229. The van der Waals surface area contributed by atoms with Crippen LogP contribution in [0.1, 0.15) is 0 Å². The van der Waals surface area contributed by atoms with Crippen LogP contribution in [0, 0.1) is 11.5 Å². The van der Waals surface area contributed by atoms with E-state index in [4.69, 9.17) is 0 Å². The molecule has 0 nitrogen and oxygen atoms in total. The first-order chi connectivity index (χ1) is 5.13. The van der Waals surface area contributed by atoms with Crippen LogP contribution in [0.15, 0.2) is 10.2 Å². The fraction of sp³-hybridized carbons (Fsp3) is 0.600. The summed E-state index contributed by atoms with van der Waals surface area (Å²) in [5, 5.41) is 0. The molecule has 0 heterocycles. The zero-order chi connectivity index (χ0) is 9.99. The standard InChI is InChI=1S/C7H11Si.3CH3.Sn/c1-5-6-7-8(2,3)4;;;;/h1H2,2-4H3;3*1H3;. The second kappa shape index (κ2) is 4.02. The average Bonchev–Trinajstić information content (AvgIpc) is 1.78. The number of hydrogen-bond acceptors (Lipinski definition) is 0. The third kappa shape index (κ3) is 5.90. The summed E-state index contributed by atoms with van der Waals surface area (Å²) >= 11 is -1.89. The van der Waals surface area contributed by atoms with Crippen LogP contribution in [0.5, 0.6) is 0 Å². The van der Waals surface area contributed by atoms with Crippen molar-refractivity contribution in [3.8, 4) is 11.5 Å². The molecule has 0 aliphatic rings. The van der Waals surface area contributed by atoms with E-state index in [0.29, 0.717) is 0 Å². The second-order valence-electron chi connectivity index (χ2n) is 5.23. The van der Waals surface area contributed by atoms with Crippen molar-refractivity contribution in [3.05, 3.63) is 10.2 Å². The predicted octanol–water partition coefficient (Wildman–Crippen LogP) is 3.30. The summed E-state index contributed by atoms with van der Waals surface area (Å²) in [5.74, 6) is 3.27. The van der Waals surface area contributed by atoms with Gasteiger partial charge in [-0.05, 0) is 0 Å². The molecule has 0 amide bonds. The van der Waals surface area contributed by atoms with E-state index in [1.165, 1.54) is 3.59 Å². The van der Waals surface area contributed by atoms with Gasteiger partial charge in [0.05, 0.1) is 0 Å². The molecule has 0 saturated carbocycles. The van der Waals surface area contributed by atoms with Crippen molar-refractivity contribution in [1.82, 2.24) is 0 Å². The Hall–Kier alpha value is 0.316. The summed E-state index contributed by atoms with van der Waals surface area (Å²) in [6.45, 7) is 10.9. The van der Waals surface area contributed by atoms with Crippen LogP contribution in [0.4, 0.5) is 0 Å². The van der Waals surface area contributed by atoms with E-state index in [2.05, 4.69) is 52.5 Å². The van der Waals surface area contributed by atoms with Gasteiger partial charge in [-0.2, -0.15) is 0 Å². The molecule has 0 atom stereocenters. The predicted molar refractivity (Wildman–Crippen MR) is 63.6 cm³/mol. The maximum atomic E-state index is 4.07. The topological polar surface area (TPSA) is 0 Å². The minimum atomic E-state index is -1.89. The fourth-order valence-electron chi connectivity index (χ4n) is 0.450. The molecule has 0 fully saturated rings. The molecule has 68 valence electrons. The molecule has 0 unspecified atom stereocenters. The van der Waals surface area contributed by atoms with Gasteiger partial charge in [-0.25, -0.2) is 0 Å². The molecule has 0 rings (SSSR count).